The molecule has 6 nitrogen and oxygen atoms in total. The van der Waals surface area contributed by atoms with Crippen molar-refractivity contribution in [2.45, 2.75) is 40.4 Å². The minimum absolute atomic E-state index is 0.248. The quantitative estimate of drug-likeness (QED) is 0.583. The van der Waals surface area contributed by atoms with Crippen LogP contribution in [0.2, 0.25) is 5.02 Å². The standard InChI is InChI=1S/C20H24ClFN6S/c1-5-27-18(17(21)10-23-27)12-26(4)20(29)24-19-13(2)25-28(14(19)3)11-15-6-8-16(22)9-7-15/h6-10H,5,11-12H2,1-4H3,(H,24,29). The second-order valence-electron chi connectivity index (χ2n) is 6.87. The number of thiocarbonyl (C=S) groups is 1. The molecule has 0 bridgehead atoms. The summed E-state index contributed by atoms with van der Waals surface area (Å²) in [6, 6.07) is 6.43. The maximum atomic E-state index is 13.1. The summed E-state index contributed by atoms with van der Waals surface area (Å²) in [5, 5.41) is 13.4. The van der Waals surface area contributed by atoms with Gasteiger partial charge in [0.1, 0.15) is 5.82 Å². The van der Waals surface area contributed by atoms with Gasteiger partial charge >= 0.3 is 0 Å². The Hall–Kier alpha value is -2.45. The molecule has 0 spiro atoms. The van der Waals surface area contributed by atoms with Gasteiger partial charge in [-0.2, -0.15) is 10.2 Å². The van der Waals surface area contributed by atoms with Crippen molar-refractivity contribution in [1.29, 1.82) is 0 Å². The number of aryl methyl sites for hydroxylation is 2. The van der Waals surface area contributed by atoms with Crippen molar-refractivity contribution in [3.05, 3.63) is 63.9 Å². The smallest absolute Gasteiger partial charge is 0.173 e. The molecule has 0 atom stereocenters. The number of nitrogens with one attached hydrogen (secondary N) is 1. The van der Waals surface area contributed by atoms with E-state index in [2.05, 4.69) is 15.5 Å². The van der Waals surface area contributed by atoms with Crippen LogP contribution in [0.3, 0.4) is 0 Å². The van der Waals surface area contributed by atoms with Crippen LogP contribution < -0.4 is 5.32 Å². The van der Waals surface area contributed by atoms with Crippen LogP contribution in [-0.4, -0.2) is 36.6 Å². The molecule has 0 unspecified atom stereocenters. The van der Waals surface area contributed by atoms with Crippen molar-refractivity contribution < 1.29 is 4.39 Å². The van der Waals surface area contributed by atoms with Crippen molar-refractivity contribution in [2.24, 2.45) is 0 Å². The number of rotatable bonds is 6. The summed E-state index contributed by atoms with van der Waals surface area (Å²) in [5.74, 6) is -0.248. The highest BCUT2D eigenvalue weighted by molar-refractivity contribution is 7.80. The van der Waals surface area contributed by atoms with E-state index in [1.165, 1.54) is 12.1 Å². The topological polar surface area (TPSA) is 50.9 Å². The van der Waals surface area contributed by atoms with Crippen LogP contribution in [0.5, 0.6) is 0 Å². The Morgan fingerprint density at radius 2 is 1.93 bits per heavy atom. The predicted octanol–water partition coefficient (Wildman–Crippen LogP) is 4.39. The number of nitrogens with zero attached hydrogens (tertiary/aromatic N) is 5. The average molecular weight is 435 g/mol. The molecule has 0 aliphatic rings. The molecule has 0 amide bonds. The van der Waals surface area contributed by atoms with Gasteiger partial charge in [-0.3, -0.25) is 9.36 Å². The Bertz CT molecular complexity index is 1010. The van der Waals surface area contributed by atoms with Crippen molar-refractivity contribution in [2.75, 3.05) is 12.4 Å². The van der Waals surface area contributed by atoms with Gasteiger partial charge in [-0.05, 0) is 50.7 Å². The Kier molecular flexibility index (Phi) is 6.54. The highest BCUT2D eigenvalue weighted by atomic mass is 35.5. The molecule has 29 heavy (non-hydrogen) atoms. The highest BCUT2D eigenvalue weighted by Gasteiger charge is 2.17. The molecule has 0 fully saturated rings. The average Bonchev–Trinajstić information content (AvgIpc) is 3.17. The van der Waals surface area contributed by atoms with E-state index in [0.717, 1.165) is 34.9 Å². The fourth-order valence-corrected chi connectivity index (χ4v) is 3.48. The first-order chi connectivity index (χ1) is 13.8. The largest absolute Gasteiger partial charge is 0.346 e. The van der Waals surface area contributed by atoms with Gasteiger partial charge in [-0.25, -0.2) is 4.39 Å². The van der Waals surface area contributed by atoms with E-state index in [0.29, 0.717) is 23.2 Å². The van der Waals surface area contributed by atoms with Gasteiger partial charge in [0.15, 0.2) is 5.11 Å². The van der Waals surface area contributed by atoms with E-state index in [-0.39, 0.29) is 5.82 Å². The SMILES string of the molecule is CCn1ncc(Cl)c1CN(C)C(=S)Nc1c(C)nn(Cc2ccc(F)cc2)c1C. The van der Waals surface area contributed by atoms with E-state index in [4.69, 9.17) is 23.8 Å². The lowest BCUT2D eigenvalue weighted by molar-refractivity contribution is 0.471. The summed E-state index contributed by atoms with van der Waals surface area (Å²) >= 11 is 11.9. The van der Waals surface area contributed by atoms with Crippen molar-refractivity contribution in [3.63, 3.8) is 0 Å². The highest BCUT2D eigenvalue weighted by Crippen LogP contribution is 2.22. The third kappa shape index (κ3) is 4.76. The maximum Gasteiger partial charge on any atom is 0.173 e. The van der Waals surface area contributed by atoms with Gasteiger partial charge < -0.3 is 10.2 Å². The molecule has 1 aromatic carbocycles. The Balaban J connectivity index is 1.72. The molecule has 0 saturated carbocycles. The third-order valence-corrected chi connectivity index (χ3v) is 5.52. The Labute approximate surface area is 180 Å². The molecule has 9 heteroatoms. The van der Waals surface area contributed by atoms with E-state index in [1.54, 1.807) is 18.3 Å². The zero-order valence-electron chi connectivity index (χ0n) is 16.9. The zero-order valence-corrected chi connectivity index (χ0v) is 18.5. The molecule has 3 rings (SSSR count). The first-order valence-electron chi connectivity index (χ1n) is 9.30. The summed E-state index contributed by atoms with van der Waals surface area (Å²) in [7, 11) is 1.91. The van der Waals surface area contributed by atoms with E-state index in [9.17, 15) is 4.39 Å². The predicted molar refractivity (Wildman–Crippen MR) is 118 cm³/mol. The molecule has 0 saturated heterocycles. The molecule has 0 aliphatic heterocycles. The Morgan fingerprint density at radius 3 is 2.59 bits per heavy atom. The number of hydrogen-bond acceptors (Lipinski definition) is 3. The molecule has 3 aromatic rings. The summed E-state index contributed by atoms with van der Waals surface area (Å²) in [6.07, 6.45) is 1.65. The van der Waals surface area contributed by atoms with Crippen LogP contribution in [0.25, 0.3) is 0 Å². The van der Waals surface area contributed by atoms with E-state index in [1.807, 2.05) is 42.1 Å². The van der Waals surface area contributed by atoms with E-state index >= 15 is 0 Å². The molecular formula is C20H24ClFN6S. The molecule has 154 valence electrons. The minimum atomic E-state index is -0.248. The third-order valence-electron chi connectivity index (χ3n) is 4.79. The first-order valence-corrected chi connectivity index (χ1v) is 10.1. The summed E-state index contributed by atoms with van der Waals surface area (Å²) in [4.78, 5) is 1.92. The Morgan fingerprint density at radius 1 is 1.24 bits per heavy atom. The van der Waals surface area contributed by atoms with Crippen LogP contribution in [0, 0.1) is 19.7 Å². The molecule has 0 aliphatic carbocycles. The minimum Gasteiger partial charge on any atom is -0.346 e. The van der Waals surface area contributed by atoms with Gasteiger partial charge in [-0.1, -0.05) is 23.7 Å². The van der Waals surface area contributed by atoms with Crippen LogP contribution in [0.15, 0.2) is 30.5 Å². The molecular weight excluding hydrogens is 411 g/mol. The van der Waals surface area contributed by atoms with Crippen LogP contribution in [0.1, 0.15) is 29.6 Å². The number of halogens is 2. The number of benzene rings is 1. The second-order valence-corrected chi connectivity index (χ2v) is 7.67. The molecule has 1 N–H and O–H groups in total. The van der Waals surface area contributed by atoms with Gasteiger partial charge in [0.05, 0.1) is 47.1 Å². The summed E-state index contributed by atoms with van der Waals surface area (Å²) in [5.41, 5.74) is 4.57. The van der Waals surface area contributed by atoms with Crippen LogP contribution >= 0.6 is 23.8 Å². The van der Waals surface area contributed by atoms with Crippen molar-refractivity contribution in [3.8, 4) is 0 Å². The van der Waals surface area contributed by atoms with Gasteiger partial charge in [0, 0.05) is 13.6 Å². The second kappa shape index (κ2) is 8.92. The lowest BCUT2D eigenvalue weighted by atomic mass is 10.2. The van der Waals surface area contributed by atoms with Crippen LogP contribution in [-0.2, 0) is 19.6 Å². The molecule has 2 heterocycles. The van der Waals surface area contributed by atoms with Crippen molar-refractivity contribution in [1.82, 2.24) is 24.5 Å². The lowest BCUT2D eigenvalue weighted by Crippen LogP contribution is -2.32. The van der Waals surface area contributed by atoms with Crippen LogP contribution in [0.4, 0.5) is 10.1 Å². The molecule has 2 aromatic heterocycles. The first kappa shape index (κ1) is 21.3. The van der Waals surface area contributed by atoms with Gasteiger partial charge in [0.2, 0.25) is 0 Å². The summed E-state index contributed by atoms with van der Waals surface area (Å²) in [6.45, 7) is 7.78. The molecule has 0 radical (unpaired) electrons. The van der Waals surface area contributed by atoms with E-state index < -0.39 is 0 Å². The number of anilines is 1. The maximum absolute atomic E-state index is 13.1. The fraction of sp³-hybridized carbons (Fsp3) is 0.350. The normalized spacial score (nSPS) is 11.0. The monoisotopic (exact) mass is 434 g/mol. The number of hydrogen-bond donors (Lipinski definition) is 1. The summed E-state index contributed by atoms with van der Waals surface area (Å²) < 4.78 is 16.9. The van der Waals surface area contributed by atoms with Gasteiger partial charge in [-0.15, -0.1) is 0 Å². The lowest BCUT2D eigenvalue weighted by Gasteiger charge is -2.22. The van der Waals surface area contributed by atoms with Crippen molar-refractivity contribution >= 4 is 34.6 Å². The fourth-order valence-electron chi connectivity index (χ4n) is 3.11. The van der Waals surface area contributed by atoms with Gasteiger partial charge in [0.25, 0.3) is 0 Å². The number of aromatic nitrogens is 4. The zero-order chi connectivity index (χ0) is 21.1.